The van der Waals surface area contributed by atoms with Gasteiger partial charge in [0.25, 0.3) is 0 Å². The minimum Gasteiger partial charge on any atom is -0.384 e. The van der Waals surface area contributed by atoms with Crippen molar-refractivity contribution in [3.8, 4) is 0 Å². The van der Waals surface area contributed by atoms with Crippen LogP contribution in [-0.2, 0) is 0 Å². The van der Waals surface area contributed by atoms with E-state index in [1.54, 1.807) is 12.1 Å². The number of thiophene rings is 1. The van der Waals surface area contributed by atoms with Crippen molar-refractivity contribution in [1.82, 2.24) is 0 Å². The molecule has 0 fully saturated rings. The van der Waals surface area contributed by atoms with Crippen LogP contribution in [0, 0.1) is 12.7 Å². The van der Waals surface area contributed by atoms with Gasteiger partial charge in [-0.15, -0.1) is 11.3 Å². The summed E-state index contributed by atoms with van der Waals surface area (Å²) in [5.74, 6) is -0.566. The third kappa shape index (κ3) is 2.55. The summed E-state index contributed by atoms with van der Waals surface area (Å²) in [5.41, 5.74) is 0.897. The first-order valence-corrected chi connectivity index (χ1v) is 6.87. The maximum atomic E-state index is 13.8. The van der Waals surface area contributed by atoms with Gasteiger partial charge in [-0.25, -0.2) is 4.39 Å². The van der Waals surface area contributed by atoms with E-state index >= 15 is 0 Å². The lowest BCUT2D eigenvalue weighted by atomic mass is 10.0. The van der Waals surface area contributed by atoms with E-state index in [4.69, 9.17) is 11.6 Å². The molecule has 0 radical (unpaired) electrons. The molecule has 0 amide bonds. The molecule has 17 heavy (non-hydrogen) atoms. The molecule has 0 aliphatic rings. The van der Waals surface area contributed by atoms with Gasteiger partial charge in [-0.3, -0.25) is 0 Å². The lowest BCUT2D eigenvalue weighted by molar-refractivity contribution is 0.215. The Morgan fingerprint density at radius 3 is 2.71 bits per heavy atom. The van der Waals surface area contributed by atoms with E-state index in [0.717, 1.165) is 8.66 Å². The second-order valence-electron chi connectivity index (χ2n) is 3.61. The lowest BCUT2D eigenvalue weighted by Gasteiger charge is -2.12. The maximum absolute atomic E-state index is 13.8. The van der Waals surface area contributed by atoms with Gasteiger partial charge in [0.2, 0.25) is 0 Å². The molecule has 0 saturated heterocycles. The van der Waals surface area contributed by atoms with Crippen LogP contribution in [-0.4, -0.2) is 5.11 Å². The van der Waals surface area contributed by atoms with Gasteiger partial charge in [0.1, 0.15) is 11.9 Å². The number of benzene rings is 1. The summed E-state index contributed by atoms with van der Waals surface area (Å²) >= 11 is 10.5. The van der Waals surface area contributed by atoms with Gasteiger partial charge in [0.05, 0.1) is 8.81 Å². The first kappa shape index (κ1) is 13.0. The number of aliphatic hydroxyl groups excluding tert-OH is 1. The molecule has 0 aliphatic heterocycles. The summed E-state index contributed by atoms with van der Waals surface area (Å²) in [7, 11) is 0. The van der Waals surface area contributed by atoms with Crippen LogP contribution in [0.5, 0.6) is 0 Å². The SMILES string of the molecule is Cc1sc(Br)cc1C(O)c1cccc(Cl)c1F. The summed E-state index contributed by atoms with van der Waals surface area (Å²) in [4.78, 5) is 0.948. The van der Waals surface area contributed by atoms with Gasteiger partial charge in [-0.1, -0.05) is 23.7 Å². The average molecular weight is 336 g/mol. The van der Waals surface area contributed by atoms with Crippen molar-refractivity contribution in [3.63, 3.8) is 0 Å². The van der Waals surface area contributed by atoms with Crippen molar-refractivity contribution in [1.29, 1.82) is 0 Å². The first-order valence-electron chi connectivity index (χ1n) is 4.88. The van der Waals surface area contributed by atoms with Gasteiger partial charge < -0.3 is 5.11 Å². The third-order valence-electron chi connectivity index (χ3n) is 2.50. The molecule has 1 aromatic carbocycles. The fourth-order valence-electron chi connectivity index (χ4n) is 1.63. The Bertz CT molecular complexity index is 555. The highest BCUT2D eigenvalue weighted by molar-refractivity contribution is 9.11. The Morgan fingerprint density at radius 1 is 1.41 bits per heavy atom. The highest BCUT2D eigenvalue weighted by Crippen LogP contribution is 2.35. The van der Waals surface area contributed by atoms with Crippen molar-refractivity contribution in [2.75, 3.05) is 0 Å². The smallest absolute Gasteiger partial charge is 0.147 e. The zero-order valence-corrected chi connectivity index (χ0v) is 12.0. The number of halogens is 3. The molecule has 0 aliphatic carbocycles. The maximum Gasteiger partial charge on any atom is 0.147 e. The van der Waals surface area contributed by atoms with E-state index in [-0.39, 0.29) is 10.6 Å². The molecule has 2 aromatic rings. The van der Waals surface area contributed by atoms with E-state index < -0.39 is 11.9 Å². The standard InChI is InChI=1S/C12H9BrClFOS/c1-6-8(5-10(13)17-6)12(16)7-3-2-4-9(14)11(7)15/h2-5,12,16H,1H3. The number of hydrogen-bond donors (Lipinski definition) is 1. The van der Waals surface area contributed by atoms with E-state index in [2.05, 4.69) is 15.9 Å². The second-order valence-corrected chi connectivity index (χ2v) is 6.65. The van der Waals surface area contributed by atoms with Crippen LogP contribution in [0.1, 0.15) is 22.1 Å². The zero-order valence-electron chi connectivity index (χ0n) is 8.88. The summed E-state index contributed by atoms with van der Waals surface area (Å²) < 4.78 is 14.7. The minimum absolute atomic E-state index is 0.0218. The van der Waals surface area contributed by atoms with Crippen LogP contribution in [0.15, 0.2) is 28.1 Å². The summed E-state index contributed by atoms with van der Waals surface area (Å²) in [6.07, 6.45) is -0.990. The molecule has 1 unspecified atom stereocenters. The van der Waals surface area contributed by atoms with E-state index in [9.17, 15) is 9.50 Å². The molecule has 1 heterocycles. The topological polar surface area (TPSA) is 20.2 Å². The Kier molecular flexibility index (Phi) is 3.88. The molecular formula is C12H9BrClFOS. The molecule has 1 nitrogen and oxygen atoms in total. The summed E-state index contributed by atoms with van der Waals surface area (Å²) in [6.45, 7) is 1.89. The van der Waals surface area contributed by atoms with Crippen LogP contribution in [0.2, 0.25) is 5.02 Å². The van der Waals surface area contributed by atoms with Gasteiger partial charge >= 0.3 is 0 Å². The molecule has 1 aromatic heterocycles. The fraction of sp³-hybridized carbons (Fsp3) is 0.167. The highest BCUT2D eigenvalue weighted by Gasteiger charge is 2.20. The number of aliphatic hydroxyl groups is 1. The van der Waals surface area contributed by atoms with E-state index in [1.807, 2.05) is 6.92 Å². The van der Waals surface area contributed by atoms with Crippen molar-refractivity contribution < 1.29 is 9.50 Å². The number of aryl methyl sites for hydroxylation is 1. The predicted molar refractivity (Wildman–Crippen MR) is 72.2 cm³/mol. The van der Waals surface area contributed by atoms with Gasteiger partial charge in [-0.05, 0) is 40.5 Å². The minimum atomic E-state index is -0.990. The molecule has 2 rings (SSSR count). The van der Waals surface area contributed by atoms with Crippen molar-refractivity contribution >= 4 is 38.9 Å². The molecule has 0 saturated carbocycles. The van der Waals surface area contributed by atoms with Gasteiger partial charge in [-0.2, -0.15) is 0 Å². The molecule has 90 valence electrons. The third-order valence-corrected chi connectivity index (χ3v) is 4.36. The van der Waals surface area contributed by atoms with Gasteiger partial charge in [0.15, 0.2) is 0 Å². The lowest BCUT2D eigenvalue weighted by Crippen LogP contribution is -2.02. The van der Waals surface area contributed by atoms with Gasteiger partial charge in [0, 0.05) is 10.4 Å². The predicted octanol–water partition coefficient (Wildman–Crippen LogP) is 4.69. The molecular weight excluding hydrogens is 327 g/mol. The van der Waals surface area contributed by atoms with Crippen LogP contribution < -0.4 is 0 Å². The molecule has 1 N–H and O–H groups in total. The first-order chi connectivity index (χ1) is 8.00. The van der Waals surface area contributed by atoms with E-state index in [0.29, 0.717) is 5.56 Å². The molecule has 1 atom stereocenters. The zero-order chi connectivity index (χ0) is 12.6. The quantitative estimate of drug-likeness (QED) is 0.844. The summed E-state index contributed by atoms with van der Waals surface area (Å²) in [5, 5.41) is 10.2. The Hall–Kier alpha value is -0.420. The van der Waals surface area contributed by atoms with Crippen LogP contribution in [0.25, 0.3) is 0 Å². The largest absolute Gasteiger partial charge is 0.384 e. The Morgan fingerprint density at radius 2 is 2.12 bits per heavy atom. The monoisotopic (exact) mass is 334 g/mol. The average Bonchev–Trinajstić information content (AvgIpc) is 2.61. The normalized spacial score (nSPS) is 12.8. The summed E-state index contributed by atoms with van der Waals surface area (Å²) in [6, 6.07) is 6.42. The molecule has 0 bridgehead atoms. The highest BCUT2D eigenvalue weighted by atomic mass is 79.9. The number of rotatable bonds is 2. The second kappa shape index (κ2) is 5.06. The van der Waals surface area contributed by atoms with Crippen molar-refractivity contribution in [3.05, 3.63) is 54.9 Å². The molecule has 0 spiro atoms. The van der Waals surface area contributed by atoms with Crippen LogP contribution >= 0.6 is 38.9 Å². The van der Waals surface area contributed by atoms with Crippen LogP contribution in [0.4, 0.5) is 4.39 Å². The number of hydrogen-bond acceptors (Lipinski definition) is 2. The molecule has 5 heteroatoms. The Labute approximate surface area is 116 Å². The Balaban J connectivity index is 2.47. The van der Waals surface area contributed by atoms with E-state index in [1.165, 1.54) is 23.5 Å². The van der Waals surface area contributed by atoms with Crippen molar-refractivity contribution in [2.24, 2.45) is 0 Å². The van der Waals surface area contributed by atoms with Crippen molar-refractivity contribution in [2.45, 2.75) is 13.0 Å². The van der Waals surface area contributed by atoms with Crippen LogP contribution in [0.3, 0.4) is 0 Å². The fourth-order valence-corrected chi connectivity index (χ4v) is 3.55.